The molecular formula is C34H58N2O8. The number of aliphatic hydroxyl groups is 3. The second-order valence-electron chi connectivity index (χ2n) is 13.4. The SMILES string of the molecule is CCC(O)C(C)C1OC1CC(C)(O)C=CC=C(C)C1OC(=O)CC(O)CCC(C)C(OC(=O)N(C)CCN(C)C)C=CC1C. The highest BCUT2D eigenvalue weighted by Crippen LogP contribution is 2.37. The molecule has 2 aliphatic rings. The molecule has 10 atom stereocenters. The molecular weight excluding hydrogens is 564 g/mol. The number of amides is 1. The number of carbonyl (C=O) groups excluding carboxylic acids is 2. The second-order valence-corrected chi connectivity index (χ2v) is 13.4. The largest absolute Gasteiger partial charge is 0.457 e. The van der Waals surface area contributed by atoms with Crippen LogP contribution in [-0.4, -0.2) is 114 Å². The van der Waals surface area contributed by atoms with Gasteiger partial charge in [-0.05, 0) is 64.8 Å². The molecule has 1 saturated heterocycles. The van der Waals surface area contributed by atoms with E-state index in [-0.39, 0.29) is 36.4 Å². The minimum atomic E-state index is -1.13. The standard InChI is InChI=1S/C34H58N2O8/c1-10-27(38)25(5)32-29(42-32)21-34(6,41)17-11-12-23(3)31-24(4)14-16-28(43-33(40)36(9)19-18-35(7)8)22(2)13-15-26(37)20-30(39)44-31/h11-12,14,16-17,22,24-29,31-32,37-38,41H,10,13,15,18-21H2,1-9H3. The predicted molar refractivity (Wildman–Crippen MR) is 171 cm³/mol. The molecule has 0 bridgehead atoms. The van der Waals surface area contributed by atoms with Gasteiger partial charge in [-0.1, -0.05) is 52.0 Å². The molecule has 10 heteroatoms. The van der Waals surface area contributed by atoms with Gasteiger partial charge in [-0.15, -0.1) is 0 Å². The number of hydrogen-bond donors (Lipinski definition) is 3. The number of likely N-dealkylation sites (N-methyl/N-ethyl adjacent to an activating group) is 2. The molecule has 0 spiro atoms. The Balaban J connectivity index is 2.17. The summed E-state index contributed by atoms with van der Waals surface area (Å²) in [7, 11) is 5.60. The van der Waals surface area contributed by atoms with Gasteiger partial charge in [0.15, 0.2) is 0 Å². The van der Waals surface area contributed by atoms with Crippen molar-refractivity contribution in [1.82, 2.24) is 9.80 Å². The van der Waals surface area contributed by atoms with Crippen molar-refractivity contribution in [2.75, 3.05) is 34.2 Å². The van der Waals surface area contributed by atoms with Crippen molar-refractivity contribution < 1.29 is 39.1 Å². The molecule has 252 valence electrons. The van der Waals surface area contributed by atoms with E-state index in [9.17, 15) is 24.9 Å². The van der Waals surface area contributed by atoms with Crippen LogP contribution in [0.25, 0.3) is 0 Å². The molecule has 0 saturated carbocycles. The lowest BCUT2D eigenvalue weighted by Gasteiger charge is -2.28. The quantitative estimate of drug-likeness (QED) is 0.127. The minimum absolute atomic E-state index is 0.00542. The molecule has 3 N–H and O–H groups in total. The first-order chi connectivity index (χ1) is 20.5. The molecule has 44 heavy (non-hydrogen) atoms. The van der Waals surface area contributed by atoms with E-state index in [0.29, 0.717) is 38.8 Å². The molecule has 1 fully saturated rings. The first-order valence-corrected chi connectivity index (χ1v) is 16.1. The summed E-state index contributed by atoms with van der Waals surface area (Å²) in [5.74, 6) is -0.803. The maximum atomic E-state index is 12.8. The minimum Gasteiger partial charge on any atom is -0.457 e. The second kappa shape index (κ2) is 17.5. The van der Waals surface area contributed by atoms with Crippen molar-refractivity contribution in [1.29, 1.82) is 0 Å². The monoisotopic (exact) mass is 622 g/mol. The summed E-state index contributed by atoms with van der Waals surface area (Å²) in [6.07, 6.45) is 7.91. The van der Waals surface area contributed by atoms with Crippen LogP contribution in [0.2, 0.25) is 0 Å². The van der Waals surface area contributed by atoms with Gasteiger partial charge in [0.2, 0.25) is 0 Å². The van der Waals surface area contributed by atoms with Gasteiger partial charge >= 0.3 is 12.1 Å². The van der Waals surface area contributed by atoms with Gasteiger partial charge in [-0.2, -0.15) is 0 Å². The lowest BCUT2D eigenvalue weighted by molar-refractivity contribution is -0.151. The highest BCUT2D eigenvalue weighted by Gasteiger charge is 2.47. The van der Waals surface area contributed by atoms with Crippen LogP contribution >= 0.6 is 0 Å². The number of nitrogens with zero attached hydrogens (tertiary/aromatic N) is 2. The number of carbonyl (C=O) groups is 2. The zero-order valence-electron chi connectivity index (χ0n) is 28.3. The highest BCUT2D eigenvalue weighted by atomic mass is 16.6. The van der Waals surface area contributed by atoms with Gasteiger partial charge in [-0.3, -0.25) is 4.79 Å². The fourth-order valence-corrected chi connectivity index (χ4v) is 5.45. The van der Waals surface area contributed by atoms with Crippen LogP contribution in [-0.2, 0) is 19.0 Å². The highest BCUT2D eigenvalue weighted by molar-refractivity contribution is 5.70. The van der Waals surface area contributed by atoms with Gasteiger partial charge in [0.05, 0.1) is 36.4 Å². The Morgan fingerprint density at radius 2 is 1.89 bits per heavy atom. The summed E-state index contributed by atoms with van der Waals surface area (Å²) < 4.78 is 17.5. The lowest BCUT2D eigenvalue weighted by atomic mass is 9.91. The fourth-order valence-electron chi connectivity index (χ4n) is 5.45. The Bertz CT molecular complexity index is 1010. The Kier molecular flexibility index (Phi) is 15.1. The van der Waals surface area contributed by atoms with Crippen molar-refractivity contribution in [2.24, 2.45) is 17.8 Å². The van der Waals surface area contributed by atoms with E-state index < -0.39 is 42.1 Å². The van der Waals surface area contributed by atoms with Crippen LogP contribution < -0.4 is 0 Å². The smallest absolute Gasteiger partial charge is 0.410 e. The maximum Gasteiger partial charge on any atom is 0.410 e. The van der Waals surface area contributed by atoms with Crippen LogP contribution in [0.5, 0.6) is 0 Å². The molecule has 0 radical (unpaired) electrons. The summed E-state index contributed by atoms with van der Waals surface area (Å²) in [6.45, 7) is 12.6. The zero-order chi connectivity index (χ0) is 33.2. The number of aliphatic hydroxyl groups excluding tert-OH is 2. The summed E-state index contributed by atoms with van der Waals surface area (Å²) in [5, 5.41) is 31.6. The number of cyclic esters (lactones) is 1. The molecule has 2 aliphatic heterocycles. The molecule has 0 aromatic heterocycles. The zero-order valence-corrected chi connectivity index (χ0v) is 28.3. The van der Waals surface area contributed by atoms with E-state index in [1.54, 1.807) is 31.0 Å². The van der Waals surface area contributed by atoms with Crippen LogP contribution in [0.1, 0.15) is 73.6 Å². The van der Waals surface area contributed by atoms with Crippen molar-refractivity contribution in [2.45, 2.75) is 116 Å². The molecule has 10 unspecified atom stereocenters. The Morgan fingerprint density at radius 3 is 2.52 bits per heavy atom. The van der Waals surface area contributed by atoms with Crippen LogP contribution in [0.15, 0.2) is 36.0 Å². The third-order valence-corrected chi connectivity index (χ3v) is 8.73. The maximum absolute atomic E-state index is 12.8. The van der Waals surface area contributed by atoms with Gasteiger partial charge in [0.1, 0.15) is 12.2 Å². The number of epoxide rings is 1. The number of esters is 1. The van der Waals surface area contributed by atoms with E-state index in [2.05, 4.69) is 0 Å². The number of allylic oxidation sites excluding steroid dienone is 2. The number of rotatable bonds is 12. The van der Waals surface area contributed by atoms with Crippen LogP contribution in [0.4, 0.5) is 4.79 Å². The van der Waals surface area contributed by atoms with Gasteiger partial charge < -0.3 is 39.3 Å². The average molecular weight is 623 g/mol. The number of ether oxygens (including phenoxy) is 3. The first kappa shape index (κ1) is 37.9. The van der Waals surface area contributed by atoms with E-state index in [1.165, 1.54) is 0 Å². The number of hydrogen-bond acceptors (Lipinski definition) is 9. The van der Waals surface area contributed by atoms with Crippen molar-refractivity contribution in [3.05, 3.63) is 36.0 Å². The molecule has 2 rings (SSSR count). The topological polar surface area (TPSA) is 132 Å². The molecule has 1 amide bonds. The van der Waals surface area contributed by atoms with Gasteiger partial charge in [0.25, 0.3) is 0 Å². The van der Waals surface area contributed by atoms with Gasteiger partial charge in [0, 0.05) is 38.4 Å². The van der Waals surface area contributed by atoms with Crippen LogP contribution in [0.3, 0.4) is 0 Å². The lowest BCUT2D eigenvalue weighted by Crippen LogP contribution is -2.37. The fraction of sp³-hybridized carbons (Fsp3) is 0.765. The predicted octanol–water partition coefficient (Wildman–Crippen LogP) is 4.09. The van der Waals surface area contributed by atoms with E-state index in [1.807, 2.05) is 71.8 Å². The Morgan fingerprint density at radius 1 is 1.20 bits per heavy atom. The molecule has 10 nitrogen and oxygen atoms in total. The third-order valence-electron chi connectivity index (χ3n) is 8.73. The van der Waals surface area contributed by atoms with E-state index >= 15 is 0 Å². The van der Waals surface area contributed by atoms with Crippen molar-refractivity contribution in [3.63, 3.8) is 0 Å². The molecule has 0 aliphatic carbocycles. The molecule has 2 heterocycles. The average Bonchev–Trinajstić information content (AvgIpc) is 3.71. The Labute approximate surface area is 264 Å². The van der Waals surface area contributed by atoms with Gasteiger partial charge in [-0.25, -0.2) is 4.79 Å². The first-order valence-electron chi connectivity index (χ1n) is 16.1. The summed E-state index contributed by atoms with van der Waals surface area (Å²) >= 11 is 0. The van der Waals surface area contributed by atoms with Crippen molar-refractivity contribution >= 4 is 12.1 Å². The van der Waals surface area contributed by atoms with Crippen LogP contribution in [0, 0.1) is 17.8 Å². The normalized spacial score (nSPS) is 31.4. The molecule has 0 aromatic rings. The third kappa shape index (κ3) is 12.6. The molecule has 0 aromatic carbocycles. The van der Waals surface area contributed by atoms with E-state index in [4.69, 9.17) is 14.2 Å². The van der Waals surface area contributed by atoms with E-state index in [0.717, 1.165) is 5.57 Å². The Hall–Kier alpha value is -2.24. The van der Waals surface area contributed by atoms with Crippen molar-refractivity contribution in [3.8, 4) is 0 Å². The summed E-state index contributed by atoms with van der Waals surface area (Å²) in [4.78, 5) is 29.2. The summed E-state index contributed by atoms with van der Waals surface area (Å²) in [6, 6.07) is 0. The summed E-state index contributed by atoms with van der Waals surface area (Å²) in [5.41, 5.74) is -0.363.